The molecule has 0 aromatic carbocycles. The maximum Gasteiger partial charge on any atom is 0.204 e. The Kier molecular flexibility index (Phi) is 3.26. The summed E-state index contributed by atoms with van der Waals surface area (Å²) >= 11 is 4.93. The molecule has 3 N–H and O–H groups in total. The Labute approximate surface area is 96.0 Å². The largest absolute Gasteiger partial charge is 0.394 e. The smallest absolute Gasteiger partial charge is 0.204 e. The van der Waals surface area contributed by atoms with Crippen LogP contribution < -0.4 is 0 Å². The second-order valence-corrected chi connectivity index (χ2v) is 3.79. The fourth-order valence-corrected chi connectivity index (χ4v) is 1.78. The van der Waals surface area contributed by atoms with E-state index in [-0.39, 0.29) is 11.4 Å². The molecule has 8 heteroatoms. The van der Waals surface area contributed by atoms with Crippen LogP contribution in [-0.4, -0.2) is 54.8 Å². The van der Waals surface area contributed by atoms with Gasteiger partial charge in [-0.05, 0) is 12.2 Å². The molecule has 16 heavy (non-hydrogen) atoms. The second-order valence-electron chi connectivity index (χ2n) is 3.43. The van der Waals surface area contributed by atoms with Gasteiger partial charge in [0.2, 0.25) is 4.77 Å². The van der Waals surface area contributed by atoms with E-state index in [1.807, 2.05) is 0 Å². The van der Waals surface area contributed by atoms with Crippen molar-refractivity contribution in [2.75, 3.05) is 6.61 Å². The van der Waals surface area contributed by atoms with Crippen LogP contribution in [0.4, 0.5) is 0 Å². The summed E-state index contributed by atoms with van der Waals surface area (Å²) in [5.74, 6) is 0. The first-order valence-electron chi connectivity index (χ1n) is 4.65. The van der Waals surface area contributed by atoms with Crippen LogP contribution in [0.5, 0.6) is 0 Å². The Bertz CT molecular complexity index is 426. The third-order valence-electron chi connectivity index (χ3n) is 2.44. The highest BCUT2D eigenvalue weighted by molar-refractivity contribution is 7.71. The topological polar surface area (TPSA) is 101 Å². The van der Waals surface area contributed by atoms with Gasteiger partial charge in [-0.15, -0.1) is 0 Å². The van der Waals surface area contributed by atoms with Crippen molar-refractivity contribution in [3.8, 4) is 0 Å². The Hall–Kier alpha value is -0.930. The molecule has 0 radical (unpaired) electrons. The highest BCUT2D eigenvalue weighted by Crippen LogP contribution is 2.28. The minimum absolute atomic E-state index is 0.185. The Morgan fingerprint density at radius 3 is 2.75 bits per heavy atom. The van der Waals surface area contributed by atoms with Crippen LogP contribution in [0.25, 0.3) is 0 Å². The van der Waals surface area contributed by atoms with Gasteiger partial charge in [-0.25, -0.2) is 9.97 Å². The van der Waals surface area contributed by atoms with Crippen molar-refractivity contribution in [2.45, 2.75) is 24.5 Å². The quantitative estimate of drug-likeness (QED) is 0.552. The predicted molar refractivity (Wildman–Crippen MR) is 53.9 cm³/mol. The Balaban J connectivity index is 2.30. The van der Waals surface area contributed by atoms with Gasteiger partial charge in [0.05, 0.1) is 6.61 Å². The number of aliphatic hydroxyl groups excluding tert-OH is 3. The second kappa shape index (κ2) is 4.52. The third-order valence-corrected chi connectivity index (χ3v) is 2.75. The van der Waals surface area contributed by atoms with Crippen molar-refractivity contribution in [3.05, 3.63) is 17.4 Å². The third kappa shape index (κ3) is 1.85. The normalized spacial score (nSPS) is 34.2. The van der Waals surface area contributed by atoms with Gasteiger partial charge >= 0.3 is 0 Å². The van der Waals surface area contributed by atoms with E-state index in [2.05, 4.69) is 9.97 Å². The van der Waals surface area contributed by atoms with Crippen LogP contribution in [0, 0.1) is 4.77 Å². The summed E-state index contributed by atoms with van der Waals surface area (Å²) in [6, 6.07) is 0. The maximum atomic E-state index is 9.73. The number of aliphatic hydroxyl groups is 3. The molecule has 1 aliphatic heterocycles. The monoisotopic (exact) mass is 245 g/mol. The highest BCUT2D eigenvalue weighted by atomic mass is 32.1. The fourth-order valence-electron chi connectivity index (χ4n) is 1.58. The molecule has 1 fully saturated rings. The molecule has 2 rings (SSSR count). The van der Waals surface area contributed by atoms with Crippen LogP contribution in [0.1, 0.15) is 6.23 Å². The zero-order chi connectivity index (χ0) is 11.7. The number of nitrogens with zero attached hydrogens (tertiary/aromatic N) is 3. The van der Waals surface area contributed by atoms with Crippen molar-refractivity contribution in [1.82, 2.24) is 14.5 Å². The molecule has 0 spiro atoms. The van der Waals surface area contributed by atoms with Crippen LogP contribution in [0.2, 0.25) is 0 Å². The van der Waals surface area contributed by atoms with Crippen molar-refractivity contribution >= 4 is 12.2 Å². The van der Waals surface area contributed by atoms with Crippen LogP contribution in [-0.2, 0) is 4.74 Å². The predicted octanol–water partition coefficient (Wildman–Crippen LogP) is -1.38. The molecule has 2 heterocycles. The number of ether oxygens (including phenoxy) is 1. The summed E-state index contributed by atoms with van der Waals surface area (Å²) < 4.78 is 6.79. The average molecular weight is 245 g/mol. The molecule has 1 aromatic heterocycles. The van der Waals surface area contributed by atoms with E-state index in [1.165, 1.54) is 17.2 Å². The van der Waals surface area contributed by atoms with Gasteiger partial charge in [0, 0.05) is 0 Å². The van der Waals surface area contributed by atoms with Crippen molar-refractivity contribution in [2.24, 2.45) is 0 Å². The highest BCUT2D eigenvalue weighted by Gasteiger charge is 2.43. The molecule has 1 aromatic rings. The first kappa shape index (κ1) is 11.6. The van der Waals surface area contributed by atoms with Gasteiger partial charge in [0.1, 0.15) is 31.0 Å². The number of hydrogen-bond donors (Lipinski definition) is 3. The lowest BCUT2D eigenvalue weighted by atomic mass is 10.1. The van der Waals surface area contributed by atoms with Crippen molar-refractivity contribution in [1.29, 1.82) is 0 Å². The van der Waals surface area contributed by atoms with Gasteiger partial charge in [0.25, 0.3) is 0 Å². The molecule has 0 aliphatic carbocycles. The molecule has 1 saturated heterocycles. The zero-order valence-corrected chi connectivity index (χ0v) is 8.99. The lowest BCUT2D eigenvalue weighted by Crippen LogP contribution is -2.33. The van der Waals surface area contributed by atoms with Crippen molar-refractivity contribution < 1.29 is 20.1 Å². The lowest BCUT2D eigenvalue weighted by molar-refractivity contribution is -0.0546. The summed E-state index contributed by atoms with van der Waals surface area (Å²) in [6.45, 7) is -0.379. The van der Waals surface area contributed by atoms with E-state index in [4.69, 9.17) is 22.1 Å². The minimum Gasteiger partial charge on any atom is -0.394 e. The summed E-state index contributed by atoms with van der Waals surface area (Å²) in [5.41, 5.74) is 0. The summed E-state index contributed by atoms with van der Waals surface area (Å²) in [7, 11) is 0. The maximum absolute atomic E-state index is 9.73. The molecule has 7 nitrogen and oxygen atoms in total. The van der Waals surface area contributed by atoms with Crippen LogP contribution in [0.3, 0.4) is 0 Å². The molecule has 0 amide bonds. The van der Waals surface area contributed by atoms with E-state index >= 15 is 0 Å². The standard InChI is InChI=1S/C8H11N3O4S/c12-1-4-5(13)6(14)7(15-4)11-3-9-2-10-8(11)16/h2-7,12-14H,1H2/t4-,5-,6-,7-/m1/s1. The van der Waals surface area contributed by atoms with E-state index < -0.39 is 24.5 Å². The van der Waals surface area contributed by atoms with Crippen LogP contribution >= 0.6 is 12.2 Å². The van der Waals surface area contributed by atoms with Gasteiger partial charge in [-0.3, -0.25) is 4.57 Å². The molecule has 0 bridgehead atoms. The summed E-state index contributed by atoms with van der Waals surface area (Å²) in [6.07, 6.45) is -1.40. The van der Waals surface area contributed by atoms with Crippen LogP contribution in [0.15, 0.2) is 12.7 Å². The van der Waals surface area contributed by atoms with Gasteiger partial charge in [0.15, 0.2) is 6.23 Å². The first-order valence-corrected chi connectivity index (χ1v) is 5.06. The number of rotatable bonds is 2. The van der Waals surface area contributed by atoms with E-state index in [1.54, 1.807) is 0 Å². The zero-order valence-electron chi connectivity index (χ0n) is 8.17. The summed E-state index contributed by atoms with van der Waals surface area (Å²) in [4.78, 5) is 7.52. The van der Waals surface area contributed by atoms with E-state index in [9.17, 15) is 10.2 Å². The van der Waals surface area contributed by atoms with Gasteiger partial charge < -0.3 is 20.1 Å². The first-order chi connectivity index (χ1) is 7.65. The molecule has 0 saturated carbocycles. The molecule has 1 aliphatic rings. The SMILES string of the molecule is OC[C@H]1O[C@@H](n2cncnc2=S)[C@H](O)[C@@H]1O. The summed E-state index contributed by atoms with van der Waals surface area (Å²) in [5, 5.41) is 28.2. The van der Waals surface area contributed by atoms with Gasteiger partial charge in [-0.2, -0.15) is 0 Å². The number of aromatic nitrogens is 3. The average Bonchev–Trinajstić information content (AvgIpc) is 2.57. The van der Waals surface area contributed by atoms with Gasteiger partial charge in [-0.1, -0.05) is 0 Å². The molecule has 0 unspecified atom stereocenters. The Morgan fingerprint density at radius 2 is 2.19 bits per heavy atom. The molecule has 4 atom stereocenters. The molecular weight excluding hydrogens is 234 g/mol. The number of hydrogen-bond acceptors (Lipinski definition) is 7. The Morgan fingerprint density at radius 1 is 1.44 bits per heavy atom. The van der Waals surface area contributed by atoms with E-state index in [0.717, 1.165) is 0 Å². The minimum atomic E-state index is -1.17. The lowest BCUT2D eigenvalue weighted by Gasteiger charge is -2.16. The van der Waals surface area contributed by atoms with E-state index in [0.29, 0.717) is 0 Å². The van der Waals surface area contributed by atoms with Crippen molar-refractivity contribution in [3.63, 3.8) is 0 Å². The molecule has 88 valence electrons. The fraction of sp³-hybridized carbons (Fsp3) is 0.625. The molecular formula is C8H11N3O4S.